The molecule has 0 aromatic carbocycles. The van der Waals surface area contributed by atoms with Gasteiger partial charge in [-0.3, -0.25) is 4.98 Å². The van der Waals surface area contributed by atoms with Gasteiger partial charge in [-0.2, -0.15) is 0 Å². The molecule has 0 saturated carbocycles. The molecule has 0 aliphatic rings. The summed E-state index contributed by atoms with van der Waals surface area (Å²) in [5, 5.41) is 9.24. The lowest BCUT2D eigenvalue weighted by Crippen LogP contribution is -2.41. The zero-order valence-corrected chi connectivity index (χ0v) is 13.4. The number of pyridine rings is 1. The van der Waals surface area contributed by atoms with E-state index in [0.717, 1.165) is 5.56 Å². The molecule has 0 saturated heterocycles. The summed E-state index contributed by atoms with van der Waals surface area (Å²) >= 11 is 5.13. The van der Waals surface area contributed by atoms with Gasteiger partial charge in [0.2, 0.25) is 0 Å². The van der Waals surface area contributed by atoms with Crippen molar-refractivity contribution >= 4 is 23.4 Å². The Morgan fingerprint density at radius 1 is 1.29 bits per heavy atom. The van der Waals surface area contributed by atoms with E-state index in [0.29, 0.717) is 24.7 Å². The number of hydrogen-bond donors (Lipinski definition) is 3. The fourth-order valence-corrected chi connectivity index (χ4v) is 1.58. The number of aromatic nitrogens is 1. The number of rotatable bonds is 5. The highest BCUT2D eigenvalue weighted by molar-refractivity contribution is 7.80. The molecular weight excluding hydrogens is 288 g/mol. The van der Waals surface area contributed by atoms with Crippen LogP contribution in [-0.2, 0) is 11.3 Å². The number of ether oxygens (including phenoxy) is 1. The summed E-state index contributed by atoms with van der Waals surface area (Å²) in [5.41, 5.74) is 0.562. The van der Waals surface area contributed by atoms with Crippen LogP contribution < -0.4 is 16.0 Å². The van der Waals surface area contributed by atoms with Gasteiger partial charge in [-0.15, -0.1) is 0 Å². The van der Waals surface area contributed by atoms with E-state index in [1.807, 2.05) is 32.9 Å². The zero-order chi connectivity index (χ0) is 15.7. The maximum absolute atomic E-state index is 11.4. The van der Waals surface area contributed by atoms with E-state index in [4.69, 9.17) is 17.0 Å². The van der Waals surface area contributed by atoms with Gasteiger partial charge < -0.3 is 20.7 Å². The van der Waals surface area contributed by atoms with Crippen LogP contribution in [0.1, 0.15) is 26.3 Å². The smallest absolute Gasteiger partial charge is 0.407 e. The highest BCUT2D eigenvalue weighted by Crippen LogP contribution is 2.05. The molecule has 116 valence electrons. The Morgan fingerprint density at radius 2 is 2.00 bits per heavy atom. The van der Waals surface area contributed by atoms with E-state index >= 15 is 0 Å². The lowest BCUT2D eigenvalue weighted by atomic mass is 10.2. The van der Waals surface area contributed by atoms with Gasteiger partial charge in [0.1, 0.15) is 5.60 Å². The average molecular weight is 310 g/mol. The van der Waals surface area contributed by atoms with Gasteiger partial charge >= 0.3 is 6.09 Å². The number of hydrogen-bond acceptors (Lipinski definition) is 4. The summed E-state index contributed by atoms with van der Waals surface area (Å²) in [6.45, 7) is 7.04. The first-order valence-corrected chi connectivity index (χ1v) is 7.15. The summed E-state index contributed by atoms with van der Waals surface area (Å²) in [6.07, 6.45) is 3.07. The number of carbonyl (C=O) groups is 1. The van der Waals surface area contributed by atoms with Crippen molar-refractivity contribution in [1.29, 1.82) is 0 Å². The molecule has 0 unspecified atom stereocenters. The van der Waals surface area contributed by atoms with Crippen molar-refractivity contribution in [2.75, 3.05) is 13.1 Å². The quantitative estimate of drug-likeness (QED) is 0.566. The second-order valence-corrected chi connectivity index (χ2v) is 5.81. The molecule has 0 aliphatic heterocycles. The molecule has 1 aromatic heterocycles. The first kappa shape index (κ1) is 17.2. The maximum Gasteiger partial charge on any atom is 0.407 e. The minimum absolute atomic E-state index is 0.432. The monoisotopic (exact) mass is 310 g/mol. The van der Waals surface area contributed by atoms with Crippen LogP contribution in [0.3, 0.4) is 0 Å². The molecule has 0 atom stereocenters. The van der Waals surface area contributed by atoms with E-state index < -0.39 is 11.7 Å². The molecule has 1 heterocycles. The van der Waals surface area contributed by atoms with Crippen LogP contribution in [-0.4, -0.2) is 34.9 Å². The van der Waals surface area contributed by atoms with Crippen LogP contribution in [0.15, 0.2) is 24.5 Å². The predicted octanol–water partition coefficient (Wildman–Crippen LogP) is 1.57. The SMILES string of the molecule is CC(C)(C)OC(=O)NCCNC(=S)NCc1cccnc1. The van der Waals surface area contributed by atoms with E-state index in [1.54, 1.807) is 12.4 Å². The van der Waals surface area contributed by atoms with Crippen LogP contribution in [0.2, 0.25) is 0 Å². The van der Waals surface area contributed by atoms with Crippen molar-refractivity contribution in [2.24, 2.45) is 0 Å². The minimum Gasteiger partial charge on any atom is -0.444 e. The van der Waals surface area contributed by atoms with E-state index in [9.17, 15) is 4.79 Å². The Kier molecular flexibility index (Phi) is 6.87. The third-order valence-corrected chi connectivity index (χ3v) is 2.54. The van der Waals surface area contributed by atoms with Crippen LogP contribution in [0.5, 0.6) is 0 Å². The lowest BCUT2D eigenvalue weighted by Gasteiger charge is -2.19. The molecule has 1 rings (SSSR count). The fourth-order valence-electron chi connectivity index (χ4n) is 1.40. The molecule has 6 nitrogen and oxygen atoms in total. The fraction of sp³-hybridized carbons (Fsp3) is 0.500. The zero-order valence-electron chi connectivity index (χ0n) is 12.6. The third-order valence-electron chi connectivity index (χ3n) is 2.25. The Hall–Kier alpha value is -1.89. The molecule has 0 radical (unpaired) electrons. The highest BCUT2D eigenvalue weighted by atomic mass is 32.1. The van der Waals surface area contributed by atoms with E-state index in [2.05, 4.69) is 20.9 Å². The van der Waals surface area contributed by atoms with Gasteiger partial charge in [0.15, 0.2) is 5.11 Å². The normalized spacial score (nSPS) is 10.6. The Bertz CT molecular complexity index is 460. The van der Waals surface area contributed by atoms with Crippen LogP contribution in [0, 0.1) is 0 Å². The van der Waals surface area contributed by atoms with Crippen molar-refractivity contribution < 1.29 is 9.53 Å². The summed E-state index contributed by atoms with van der Waals surface area (Å²) in [7, 11) is 0. The largest absolute Gasteiger partial charge is 0.444 e. The third kappa shape index (κ3) is 8.80. The summed E-state index contributed by atoms with van der Waals surface area (Å²) in [4.78, 5) is 15.4. The highest BCUT2D eigenvalue weighted by Gasteiger charge is 2.15. The number of alkyl carbamates (subject to hydrolysis) is 1. The molecule has 0 bridgehead atoms. The van der Waals surface area contributed by atoms with E-state index in [-0.39, 0.29) is 0 Å². The molecule has 1 amide bonds. The Labute approximate surface area is 130 Å². The molecule has 1 aromatic rings. The first-order valence-electron chi connectivity index (χ1n) is 6.74. The van der Waals surface area contributed by atoms with Gasteiger partial charge in [0.05, 0.1) is 0 Å². The molecule has 0 aliphatic carbocycles. The number of amides is 1. The molecular formula is C14H22N4O2S. The van der Waals surface area contributed by atoms with Crippen molar-refractivity contribution in [2.45, 2.75) is 32.9 Å². The number of carbonyl (C=O) groups excluding carboxylic acids is 1. The Morgan fingerprint density at radius 3 is 2.62 bits per heavy atom. The van der Waals surface area contributed by atoms with Crippen molar-refractivity contribution in [3.05, 3.63) is 30.1 Å². The maximum atomic E-state index is 11.4. The number of nitrogens with zero attached hydrogens (tertiary/aromatic N) is 1. The van der Waals surface area contributed by atoms with Gasteiger partial charge in [-0.25, -0.2) is 4.79 Å². The molecule has 0 fully saturated rings. The molecule has 21 heavy (non-hydrogen) atoms. The molecule has 3 N–H and O–H groups in total. The molecule has 7 heteroatoms. The number of nitrogens with one attached hydrogen (secondary N) is 3. The first-order chi connectivity index (χ1) is 9.87. The number of thiocarbonyl (C=S) groups is 1. The molecule has 0 spiro atoms. The summed E-state index contributed by atoms with van der Waals surface area (Å²) in [5.74, 6) is 0. The standard InChI is InChI=1S/C14H22N4O2S/c1-14(2,3)20-13(19)17-8-7-16-12(21)18-10-11-5-4-6-15-9-11/h4-6,9H,7-8,10H2,1-3H3,(H,17,19)(H2,16,18,21). The second kappa shape index (κ2) is 8.41. The van der Waals surface area contributed by atoms with Crippen molar-refractivity contribution in [1.82, 2.24) is 20.9 Å². The van der Waals surface area contributed by atoms with Gasteiger partial charge in [-0.05, 0) is 44.6 Å². The van der Waals surface area contributed by atoms with Crippen LogP contribution in [0.25, 0.3) is 0 Å². The summed E-state index contributed by atoms with van der Waals surface area (Å²) in [6, 6.07) is 3.84. The van der Waals surface area contributed by atoms with Crippen LogP contribution in [0.4, 0.5) is 4.79 Å². The second-order valence-electron chi connectivity index (χ2n) is 5.40. The lowest BCUT2D eigenvalue weighted by molar-refractivity contribution is 0.0529. The minimum atomic E-state index is -0.488. The topological polar surface area (TPSA) is 75.3 Å². The summed E-state index contributed by atoms with van der Waals surface area (Å²) < 4.78 is 5.12. The van der Waals surface area contributed by atoms with Gasteiger partial charge in [0.25, 0.3) is 0 Å². The van der Waals surface area contributed by atoms with Gasteiger partial charge in [-0.1, -0.05) is 6.07 Å². The van der Waals surface area contributed by atoms with Crippen molar-refractivity contribution in [3.8, 4) is 0 Å². The predicted molar refractivity (Wildman–Crippen MR) is 85.9 cm³/mol. The van der Waals surface area contributed by atoms with Crippen LogP contribution >= 0.6 is 12.2 Å². The van der Waals surface area contributed by atoms with Crippen molar-refractivity contribution in [3.63, 3.8) is 0 Å². The Balaban J connectivity index is 2.10. The van der Waals surface area contributed by atoms with Gasteiger partial charge in [0, 0.05) is 32.0 Å². The van der Waals surface area contributed by atoms with E-state index in [1.165, 1.54) is 0 Å². The average Bonchev–Trinajstić information content (AvgIpc) is 2.40.